The van der Waals surface area contributed by atoms with E-state index in [1.54, 1.807) is 6.07 Å². The number of amides is 2. The average molecular weight is 277 g/mol. The minimum atomic E-state index is -0.980. The van der Waals surface area contributed by atoms with Crippen molar-refractivity contribution in [1.29, 1.82) is 0 Å². The number of para-hydroxylation sites is 1. The normalized spacial score (nSPS) is 15.4. The Balaban J connectivity index is 1.98. The van der Waals surface area contributed by atoms with Crippen LogP contribution in [-0.4, -0.2) is 30.2 Å². The second-order valence-corrected chi connectivity index (χ2v) is 4.94. The number of anilines is 1. The fourth-order valence-corrected chi connectivity index (χ4v) is 2.10. The Hall–Kier alpha value is -2.08. The first kappa shape index (κ1) is 14.3. The molecule has 0 aliphatic heterocycles. The summed E-state index contributed by atoms with van der Waals surface area (Å²) in [4.78, 5) is 23.0. The minimum absolute atomic E-state index is 0.0609. The molecule has 4 N–H and O–H groups in total. The molecule has 1 fully saturated rings. The molecule has 2 amide bonds. The summed E-state index contributed by atoms with van der Waals surface area (Å²) in [6.07, 6.45) is 1.71. The number of carbonyl (C=O) groups excluding carboxylic acids is 1. The van der Waals surface area contributed by atoms with Gasteiger partial charge in [-0.2, -0.15) is 0 Å². The number of carboxylic acids is 1. The first-order valence-corrected chi connectivity index (χ1v) is 6.64. The highest BCUT2D eigenvalue weighted by molar-refractivity contribution is 5.93. The molecular formula is C14H19N3O3. The van der Waals surface area contributed by atoms with Gasteiger partial charge >= 0.3 is 12.0 Å². The van der Waals surface area contributed by atoms with Gasteiger partial charge in [0, 0.05) is 12.2 Å². The van der Waals surface area contributed by atoms with Crippen LogP contribution in [0.1, 0.15) is 18.4 Å². The fraction of sp³-hybridized carbons (Fsp3) is 0.429. The molecule has 0 bridgehead atoms. The van der Waals surface area contributed by atoms with E-state index in [2.05, 4.69) is 16.0 Å². The largest absolute Gasteiger partial charge is 0.480 e. The molecule has 20 heavy (non-hydrogen) atoms. The quantitative estimate of drug-likeness (QED) is 0.632. The van der Waals surface area contributed by atoms with Crippen LogP contribution in [0.3, 0.4) is 0 Å². The van der Waals surface area contributed by atoms with Crippen molar-refractivity contribution in [3.05, 3.63) is 29.8 Å². The first-order valence-electron chi connectivity index (χ1n) is 6.64. The summed E-state index contributed by atoms with van der Waals surface area (Å²) in [6, 6.07) is 6.13. The van der Waals surface area contributed by atoms with Gasteiger partial charge in [-0.15, -0.1) is 0 Å². The second-order valence-electron chi connectivity index (χ2n) is 4.94. The van der Waals surface area contributed by atoms with Crippen LogP contribution in [0.2, 0.25) is 0 Å². The van der Waals surface area contributed by atoms with Crippen LogP contribution in [0, 0.1) is 5.92 Å². The maximum absolute atomic E-state index is 11.9. The minimum Gasteiger partial charge on any atom is -0.480 e. The Morgan fingerprint density at radius 2 is 2.05 bits per heavy atom. The van der Waals surface area contributed by atoms with E-state index in [1.807, 2.05) is 25.2 Å². The number of hydrogen-bond donors (Lipinski definition) is 4. The van der Waals surface area contributed by atoms with Crippen LogP contribution in [0.5, 0.6) is 0 Å². The molecule has 0 heterocycles. The maximum atomic E-state index is 11.9. The van der Waals surface area contributed by atoms with Gasteiger partial charge in [-0.25, -0.2) is 9.59 Å². The molecule has 2 rings (SSSR count). The molecule has 0 radical (unpaired) electrons. The third-order valence-electron chi connectivity index (χ3n) is 3.28. The van der Waals surface area contributed by atoms with E-state index in [0.29, 0.717) is 12.2 Å². The van der Waals surface area contributed by atoms with E-state index in [4.69, 9.17) is 5.11 Å². The van der Waals surface area contributed by atoms with Crippen molar-refractivity contribution in [3.8, 4) is 0 Å². The topological polar surface area (TPSA) is 90.5 Å². The predicted octanol–water partition coefficient (Wildman–Crippen LogP) is 1.39. The Morgan fingerprint density at radius 1 is 1.35 bits per heavy atom. The number of benzene rings is 1. The van der Waals surface area contributed by atoms with E-state index in [9.17, 15) is 9.59 Å². The molecule has 108 valence electrons. The van der Waals surface area contributed by atoms with Gasteiger partial charge in [0.25, 0.3) is 0 Å². The Labute approximate surface area is 117 Å². The van der Waals surface area contributed by atoms with Crippen LogP contribution in [0.4, 0.5) is 10.5 Å². The van der Waals surface area contributed by atoms with Crippen LogP contribution in [0.15, 0.2) is 24.3 Å². The highest BCUT2D eigenvalue weighted by atomic mass is 16.4. The number of aliphatic carboxylic acids is 1. The number of urea groups is 1. The highest BCUT2D eigenvalue weighted by Gasteiger charge is 2.37. The van der Waals surface area contributed by atoms with Crippen molar-refractivity contribution in [3.63, 3.8) is 0 Å². The molecule has 1 saturated carbocycles. The van der Waals surface area contributed by atoms with Gasteiger partial charge in [0.1, 0.15) is 6.04 Å². The molecule has 0 aromatic heterocycles. The summed E-state index contributed by atoms with van der Waals surface area (Å²) >= 11 is 0. The number of hydrogen-bond acceptors (Lipinski definition) is 3. The Morgan fingerprint density at radius 3 is 2.65 bits per heavy atom. The molecule has 6 heteroatoms. The van der Waals surface area contributed by atoms with Gasteiger partial charge < -0.3 is 21.1 Å². The van der Waals surface area contributed by atoms with Crippen LogP contribution in [-0.2, 0) is 11.3 Å². The summed E-state index contributed by atoms with van der Waals surface area (Å²) in [5, 5.41) is 17.3. The monoisotopic (exact) mass is 277 g/mol. The lowest BCUT2D eigenvalue weighted by atomic mass is 10.1. The molecule has 6 nitrogen and oxygen atoms in total. The molecule has 1 aromatic carbocycles. The van der Waals surface area contributed by atoms with Crippen molar-refractivity contribution in [2.75, 3.05) is 12.4 Å². The average Bonchev–Trinajstić information content (AvgIpc) is 3.22. The molecule has 1 unspecified atom stereocenters. The molecule has 0 spiro atoms. The van der Waals surface area contributed by atoms with E-state index >= 15 is 0 Å². The lowest BCUT2D eigenvalue weighted by Gasteiger charge is -2.16. The van der Waals surface area contributed by atoms with E-state index in [0.717, 1.165) is 18.4 Å². The van der Waals surface area contributed by atoms with Crippen molar-refractivity contribution in [2.24, 2.45) is 5.92 Å². The van der Waals surface area contributed by atoms with E-state index < -0.39 is 18.0 Å². The molecule has 1 aromatic rings. The van der Waals surface area contributed by atoms with Gasteiger partial charge in [0.15, 0.2) is 0 Å². The Bertz CT molecular complexity index is 500. The molecule has 0 saturated heterocycles. The lowest BCUT2D eigenvalue weighted by Crippen LogP contribution is -2.44. The fourth-order valence-electron chi connectivity index (χ4n) is 2.10. The predicted molar refractivity (Wildman–Crippen MR) is 75.5 cm³/mol. The number of nitrogens with one attached hydrogen (secondary N) is 3. The number of carbonyl (C=O) groups is 2. The summed E-state index contributed by atoms with van der Waals surface area (Å²) in [6.45, 7) is 0.626. The van der Waals surface area contributed by atoms with Crippen LogP contribution >= 0.6 is 0 Å². The summed E-state index contributed by atoms with van der Waals surface area (Å²) < 4.78 is 0. The summed E-state index contributed by atoms with van der Waals surface area (Å²) in [7, 11) is 1.82. The lowest BCUT2D eigenvalue weighted by molar-refractivity contribution is -0.139. The first-order chi connectivity index (χ1) is 9.61. The Kier molecular flexibility index (Phi) is 4.57. The molecule has 1 aliphatic rings. The third-order valence-corrected chi connectivity index (χ3v) is 3.28. The number of rotatable bonds is 6. The standard InChI is InChI=1S/C14H19N3O3/c1-15-8-10-4-2-3-5-11(10)16-14(20)17-12(13(18)19)9-6-7-9/h2-5,9,12,15H,6-8H2,1H3,(H,18,19)(H2,16,17,20). The van der Waals surface area contributed by atoms with Gasteiger partial charge in [-0.05, 0) is 37.4 Å². The second kappa shape index (κ2) is 6.38. The van der Waals surface area contributed by atoms with Gasteiger partial charge in [-0.3, -0.25) is 0 Å². The van der Waals surface area contributed by atoms with E-state index in [-0.39, 0.29) is 5.92 Å². The zero-order valence-corrected chi connectivity index (χ0v) is 11.3. The van der Waals surface area contributed by atoms with Crippen molar-refractivity contribution < 1.29 is 14.7 Å². The summed E-state index contributed by atoms with van der Waals surface area (Å²) in [5.41, 5.74) is 1.63. The van der Waals surface area contributed by atoms with Crippen molar-refractivity contribution >= 4 is 17.7 Å². The van der Waals surface area contributed by atoms with Crippen LogP contribution < -0.4 is 16.0 Å². The third kappa shape index (κ3) is 3.71. The van der Waals surface area contributed by atoms with Gasteiger partial charge in [-0.1, -0.05) is 18.2 Å². The number of carboxylic acid groups (broad SMARTS) is 1. The zero-order chi connectivity index (χ0) is 14.5. The van der Waals surface area contributed by atoms with Crippen molar-refractivity contribution in [1.82, 2.24) is 10.6 Å². The molecule has 1 aliphatic carbocycles. The van der Waals surface area contributed by atoms with Gasteiger partial charge in [0.05, 0.1) is 0 Å². The van der Waals surface area contributed by atoms with Crippen molar-refractivity contribution in [2.45, 2.75) is 25.4 Å². The SMILES string of the molecule is CNCc1ccccc1NC(=O)NC(C(=O)O)C1CC1. The van der Waals surface area contributed by atoms with Gasteiger partial charge in [0.2, 0.25) is 0 Å². The van der Waals surface area contributed by atoms with E-state index in [1.165, 1.54) is 0 Å². The highest BCUT2D eigenvalue weighted by Crippen LogP contribution is 2.32. The zero-order valence-electron chi connectivity index (χ0n) is 11.3. The summed E-state index contributed by atoms with van der Waals surface area (Å²) in [5.74, 6) is -0.919. The molecule has 1 atom stereocenters. The maximum Gasteiger partial charge on any atom is 0.326 e. The smallest absolute Gasteiger partial charge is 0.326 e. The molecular weight excluding hydrogens is 258 g/mol. The van der Waals surface area contributed by atoms with Crippen LogP contribution in [0.25, 0.3) is 0 Å².